The number of ether oxygens (including phenoxy) is 1. The molecule has 4 heteroatoms. The molecule has 0 amide bonds. The Hall–Kier alpha value is -2.85. The van der Waals surface area contributed by atoms with Gasteiger partial charge in [0.05, 0.1) is 17.3 Å². The van der Waals surface area contributed by atoms with Gasteiger partial charge >= 0.3 is 0 Å². The summed E-state index contributed by atoms with van der Waals surface area (Å²) in [6.45, 7) is 0. The van der Waals surface area contributed by atoms with Crippen LogP contribution in [0.1, 0.15) is 11.1 Å². The molecule has 0 aliphatic heterocycles. The predicted molar refractivity (Wildman–Crippen MR) is 60.2 cm³/mol. The fourth-order valence-electron chi connectivity index (χ4n) is 1.35. The van der Waals surface area contributed by atoms with E-state index in [1.54, 1.807) is 36.5 Å². The fourth-order valence-corrected chi connectivity index (χ4v) is 1.35. The molecule has 0 saturated carbocycles. The smallest absolute Gasteiger partial charge is 0.163 e. The van der Waals surface area contributed by atoms with Crippen LogP contribution in [0.3, 0.4) is 0 Å². The molecule has 2 aromatic rings. The number of para-hydroxylation sites is 1. The summed E-state index contributed by atoms with van der Waals surface area (Å²) in [7, 11) is 0. The second kappa shape index (κ2) is 4.78. The summed E-state index contributed by atoms with van der Waals surface area (Å²) >= 11 is 0. The Morgan fingerprint density at radius 3 is 2.24 bits per heavy atom. The lowest BCUT2D eigenvalue weighted by atomic mass is 10.1. The number of hydrogen-bond acceptors (Lipinski definition) is 4. The summed E-state index contributed by atoms with van der Waals surface area (Å²) in [6, 6.07) is 12.3. The molecule has 0 aliphatic carbocycles. The topological polar surface area (TPSA) is 69.7 Å². The maximum atomic E-state index is 8.96. The molecule has 2 rings (SSSR count). The standard InChI is InChI=1S/C13H7N3O/c14-7-10-3-1-4-11(8-15)13(10)17-12-5-2-6-16-9-12/h1-6,9H. The lowest BCUT2D eigenvalue weighted by Crippen LogP contribution is -1.92. The molecule has 80 valence electrons. The van der Waals surface area contributed by atoms with Crippen LogP contribution in [0.25, 0.3) is 0 Å². The Morgan fingerprint density at radius 2 is 1.71 bits per heavy atom. The zero-order valence-corrected chi connectivity index (χ0v) is 8.79. The van der Waals surface area contributed by atoms with E-state index < -0.39 is 0 Å². The lowest BCUT2D eigenvalue weighted by molar-refractivity contribution is 0.477. The van der Waals surface area contributed by atoms with E-state index in [2.05, 4.69) is 4.98 Å². The van der Waals surface area contributed by atoms with E-state index in [0.717, 1.165) is 0 Å². The van der Waals surface area contributed by atoms with Crippen molar-refractivity contribution < 1.29 is 4.74 Å². The minimum atomic E-state index is 0.269. The van der Waals surface area contributed by atoms with E-state index >= 15 is 0 Å². The highest BCUT2D eigenvalue weighted by Crippen LogP contribution is 2.27. The van der Waals surface area contributed by atoms with Crippen LogP contribution in [0, 0.1) is 22.7 Å². The van der Waals surface area contributed by atoms with Crippen molar-refractivity contribution in [2.45, 2.75) is 0 Å². The Labute approximate surface area is 98.3 Å². The van der Waals surface area contributed by atoms with Crippen molar-refractivity contribution in [1.82, 2.24) is 4.98 Å². The molecular weight excluding hydrogens is 214 g/mol. The molecule has 0 spiro atoms. The number of rotatable bonds is 2. The van der Waals surface area contributed by atoms with Gasteiger partial charge in [0.15, 0.2) is 5.75 Å². The van der Waals surface area contributed by atoms with Crippen LogP contribution in [-0.2, 0) is 0 Å². The fraction of sp³-hybridized carbons (Fsp3) is 0. The molecule has 1 heterocycles. The quantitative estimate of drug-likeness (QED) is 0.781. The maximum absolute atomic E-state index is 8.96. The van der Waals surface area contributed by atoms with Gasteiger partial charge in [-0.2, -0.15) is 10.5 Å². The third kappa shape index (κ3) is 2.22. The van der Waals surface area contributed by atoms with Gasteiger partial charge in [-0.05, 0) is 24.3 Å². The third-order valence-corrected chi connectivity index (χ3v) is 2.11. The molecule has 0 aliphatic rings. The molecule has 1 aromatic carbocycles. The summed E-state index contributed by atoms with van der Waals surface area (Å²) in [5.41, 5.74) is 0.654. The van der Waals surface area contributed by atoms with Gasteiger partial charge in [-0.15, -0.1) is 0 Å². The first-order chi connectivity index (χ1) is 8.35. The minimum Gasteiger partial charge on any atom is -0.453 e. The normalized spacial score (nSPS) is 9.06. The van der Waals surface area contributed by atoms with E-state index in [1.807, 2.05) is 12.1 Å². The van der Waals surface area contributed by atoms with Gasteiger partial charge in [-0.1, -0.05) is 6.07 Å². The molecule has 0 fully saturated rings. The molecule has 17 heavy (non-hydrogen) atoms. The molecule has 0 radical (unpaired) electrons. The SMILES string of the molecule is N#Cc1cccc(C#N)c1Oc1cccnc1. The average Bonchev–Trinajstić information content (AvgIpc) is 2.40. The number of pyridine rings is 1. The van der Waals surface area contributed by atoms with Crippen molar-refractivity contribution in [2.24, 2.45) is 0 Å². The van der Waals surface area contributed by atoms with Crippen LogP contribution in [-0.4, -0.2) is 4.98 Å². The number of nitriles is 2. The summed E-state index contributed by atoms with van der Waals surface area (Å²) in [5.74, 6) is 0.761. The summed E-state index contributed by atoms with van der Waals surface area (Å²) in [6.07, 6.45) is 3.14. The molecule has 0 N–H and O–H groups in total. The van der Waals surface area contributed by atoms with Gasteiger partial charge in [0.1, 0.15) is 17.9 Å². The molecular formula is C13H7N3O. The summed E-state index contributed by atoms with van der Waals surface area (Å²) in [5, 5.41) is 17.9. The van der Waals surface area contributed by atoms with Crippen molar-refractivity contribution >= 4 is 0 Å². The van der Waals surface area contributed by atoms with Gasteiger partial charge in [-0.3, -0.25) is 4.98 Å². The molecule has 1 aromatic heterocycles. The van der Waals surface area contributed by atoms with Crippen molar-refractivity contribution in [3.63, 3.8) is 0 Å². The first-order valence-corrected chi connectivity index (χ1v) is 4.86. The average molecular weight is 221 g/mol. The molecule has 0 bridgehead atoms. The zero-order chi connectivity index (χ0) is 12.1. The Morgan fingerprint density at radius 1 is 1.00 bits per heavy atom. The number of benzene rings is 1. The predicted octanol–water partition coefficient (Wildman–Crippen LogP) is 2.62. The first-order valence-electron chi connectivity index (χ1n) is 4.86. The van der Waals surface area contributed by atoms with Gasteiger partial charge in [0.25, 0.3) is 0 Å². The number of nitrogens with zero attached hydrogens (tertiary/aromatic N) is 3. The second-order valence-electron chi connectivity index (χ2n) is 3.20. The van der Waals surface area contributed by atoms with E-state index in [-0.39, 0.29) is 5.75 Å². The molecule has 0 saturated heterocycles. The van der Waals surface area contributed by atoms with Crippen molar-refractivity contribution in [1.29, 1.82) is 10.5 Å². The van der Waals surface area contributed by atoms with E-state index in [9.17, 15) is 0 Å². The van der Waals surface area contributed by atoms with Gasteiger partial charge in [-0.25, -0.2) is 0 Å². The minimum absolute atomic E-state index is 0.269. The molecule has 0 unspecified atom stereocenters. The Bertz CT molecular complexity index is 577. The van der Waals surface area contributed by atoms with Crippen LogP contribution in [0.4, 0.5) is 0 Å². The Kier molecular flexibility index (Phi) is 3.00. The van der Waals surface area contributed by atoms with E-state index in [1.165, 1.54) is 6.20 Å². The third-order valence-electron chi connectivity index (χ3n) is 2.11. The van der Waals surface area contributed by atoms with Crippen molar-refractivity contribution in [3.05, 3.63) is 53.9 Å². The lowest BCUT2D eigenvalue weighted by Gasteiger charge is -2.07. The highest BCUT2D eigenvalue weighted by Gasteiger charge is 2.10. The highest BCUT2D eigenvalue weighted by molar-refractivity contribution is 5.54. The van der Waals surface area contributed by atoms with Crippen LogP contribution >= 0.6 is 0 Å². The van der Waals surface area contributed by atoms with Crippen LogP contribution in [0.2, 0.25) is 0 Å². The zero-order valence-electron chi connectivity index (χ0n) is 8.79. The van der Waals surface area contributed by atoms with Crippen LogP contribution in [0.5, 0.6) is 11.5 Å². The first kappa shape index (κ1) is 10.7. The summed E-state index contributed by atoms with van der Waals surface area (Å²) in [4.78, 5) is 3.90. The second-order valence-corrected chi connectivity index (χ2v) is 3.20. The summed E-state index contributed by atoms with van der Waals surface area (Å²) < 4.78 is 5.51. The number of aromatic nitrogens is 1. The maximum Gasteiger partial charge on any atom is 0.163 e. The molecule has 0 atom stereocenters. The van der Waals surface area contributed by atoms with Gasteiger partial charge in [0, 0.05) is 6.20 Å². The Balaban J connectivity index is 2.46. The monoisotopic (exact) mass is 221 g/mol. The van der Waals surface area contributed by atoms with E-state index in [4.69, 9.17) is 15.3 Å². The van der Waals surface area contributed by atoms with Crippen LogP contribution in [0.15, 0.2) is 42.7 Å². The highest BCUT2D eigenvalue weighted by atomic mass is 16.5. The largest absolute Gasteiger partial charge is 0.453 e. The van der Waals surface area contributed by atoms with Gasteiger partial charge < -0.3 is 4.74 Å². The van der Waals surface area contributed by atoms with Crippen LogP contribution < -0.4 is 4.74 Å². The van der Waals surface area contributed by atoms with Crippen molar-refractivity contribution in [2.75, 3.05) is 0 Å². The van der Waals surface area contributed by atoms with Gasteiger partial charge in [0.2, 0.25) is 0 Å². The molecule has 4 nitrogen and oxygen atoms in total. The van der Waals surface area contributed by atoms with E-state index in [0.29, 0.717) is 16.9 Å². The number of hydrogen-bond donors (Lipinski definition) is 0. The van der Waals surface area contributed by atoms with Crippen molar-refractivity contribution in [3.8, 4) is 23.6 Å².